The second-order valence-electron chi connectivity index (χ2n) is 3.48. The first-order valence-corrected chi connectivity index (χ1v) is 5.70. The summed E-state index contributed by atoms with van der Waals surface area (Å²) >= 11 is 3.43. The summed E-state index contributed by atoms with van der Waals surface area (Å²) < 4.78 is 0.839. The molecule has 0 aliphatic carbocycles. The van der Waals surface area contributed by atoms with Crippen molar-refractivity contribution in [3.8, 4) is 0 Å². The number of nitrogens with zero attached hydrogens (tertiary/aromatic N) is 1. The summed E-state index contributed by atoms with van der Waals surface area (Å²) in [5.74, 6) is -0.0591. The van der Waals surface area contributed by atoms with Gasteiger partial charge in [-0.05, 0) is 46.6 Å². The molecule has 0 radical (unpaired) electrons. The molecular weight excluding hydrogens is 266 g/mol. The summed E-state index contributed by atoms with van der Waals surface area (Å²) in [4.78, 5) is 16.2. The molecule has 16 heavy (non-hydrogen) atoms. The molecule has 2 aromatic rings. The zero-order valence-corrected chi connectivity index (χ0v) is 10.4. The molecule has 0 fully saturated rings. The fourth-order valence-electron chi connectivity index (χ4n) is 1.46. The highest BCUT2D eigenvalue weighted by Gasteiger charge is 2.13. The van der Waals surface area contributed by atoms with Crippen molar-refractivity contribution in [1.82, 2.24) is 4.98 Å². The van der Waals surface area contributed by atoms with E-state index in [1.54, 1.807) is 24.4 Å². The lowest BCUT2D eigenvalue weighted by atomic mass is 10.1. The van der Waals surface area contributed by atoms with Crippen LogP contribution in [0.1, 0.15) is 21.6 Å². The van der Waals surface area contributed by atoms with E-state index in [4.69, 9.17) is 0 Å². The van der Waals surface area contributed by atoms with Crippen molar-refractivity contribution in [2.24, 2.45) is 0 Å². The zero-order valence-electron chi connectivity index (χ0n) is 8.77. The van der Waals surface area contributed by atoms with Gasteiger partial charge in [0.1, 0.15) is 5.69 Å². The van der Waals surface area contributed by atoms with Gasteiger partial charge in [-0.15, -0.1) is 0 Å². The van der Waals surface area contributed by atoms with Crippen molar-refractivity contribution in [3.05, 3.63) is 63.9 Å². The molecule has 2 nitrogen and oxygen atoms in total. The number of carbonyl (C=O) groups excluding carboxylic acids is 1. The van der Waals surface area contributed by atoms with Gasteiger partial charge in [0.15, 0.2) is 0 Å². The number of carbonyl (C=O) groups is 1. The Balaban J connectivity index is 2.46. The van der Waals surface area contributed by atoms with Gasteiger partial charge in [-0.25, -0.2) is 0 Å². The largest absolute Gasteiger partial charge is 0.287 e. The van der Waals surface area contributed by atoms with Crippen LogP contribution in [0.5, 0.6) is 0 Å². The van der Waals surface area contributed by atoms with E-state index >= 15 is 0 Å². The minimum absolute atomic E-state index is 0.0591. The van der Waals surface area contributed by atoms with E-state index in [2.05, 4.69) is 20.9 Å². The van der Waals surface area contributed by atoms with Gasteiger partial charge in [-0.3, -0.25) is 9.78 Å². The van der Waals surface area contributed by atoms with Crippen LogP contribution in [0.2, 0.25) is 0 Å². The highest BCUT2D eigenvalue weighted by Crippen LogP contribution is 2.22. The molecule has 0 N–H and O–H groups in total. The quantitative estimate of drug-likeness (QED) is 0.787. The Morgan fingerprint density at radius 3 is 2.69 bits per heavy atom. The molecule has 1 aromatic carbocycles. The third kappa shape index (κ3) is 2.04. The number of aromatic nitrogens is 1. The summed E-state index contributed by atoms with van der Waals surface area (Å²) in [6.07, 6.45) is 1.62. The van der Waals surface area contributed by atoms with Gasteiger partial charge in [0, 0.05) is 16.2 Å². The molecular formula is C13H10BrNO. The van der Waals surface area contributed by atoms with E-state index in [-0.39, 0.29) is 5.78 Å². The lowest BCUT2D eigenvalue weighted by molar-refractivity contribution is 0.103. The molecule has 0 aliphatic heterocycles. The second-order valence-corrected chi connectivity index (χ2v) is 4.27. The topological polar surface area (TPSA) is 30.0 Å². The SMILES string of the molecule is Cc1cccc(C(=O)c2ccccn2)c1Br. The molecule has 1 aromatic heterocycles. The Bertz CT molecular complexity index is 523. The minimum Gasteiger partial charge on any atom is -0.287 e. The number of pyridine rings is 1. The van der Waals surface area contributed by atoms with Crippen LogP contribution in [0, 0.1) is 6.92 Å². The average Bonchev–Trinajstić information content (AvgIpc) is 2.33. The van der Waals surface area contributed by atoms with E-state index in [0.717, 1.165) is 10.0 Å². The van der Waals surface area contributed by atoms with E-state index in [0.29, 0.717) is 11.3 Å². The van der Waals surface area contributed by atoms with E-state index in [9.17, 15) is 4.79 Å². The second kappa shape index (κ2) is 4.58. The Morgan fingerprint density at radius 1 is 1.19 bits per heavy atom. The minimum atomic E-state index is -0.0591. The summed E-state index contributed by atoms with van der Waals surface area (Å²) in [7, 11) is 0. The number of benzene rings is 1. The molecule has 0 bridgehead atoms. The number of hydrogen-bond donors (Lipinski definition) is 0. The molecule has 2 rings (SSSR count). The first-order chi connectivity index (χ1) is 7.70. The summed E-state index contributed by atoms with van der Waals surface area (Å²) in [6, 6.07) is 11.0. The normalized spacial score (nSPS) is 10.1. The number of aryl methyl sites for hydroxylation is 1. The fraction of sp³-hybridized carbons (Fsp3) is 0.0769. The van der Waals surface area contributed by atoms with Crippen molar-refractivity contribution in [2.45, 2.75) is 6.92 Å². The van der Waals surface area contributed by atoms with Gasteiger partial charge in [-0.1, -0.05) is 18.2 Å². The standard InChI is InChI=1S/C13H10BrNO/c1-9-5-4-6-10(12(9)14)13(16)11-7-2-3-8-15-11/h2-8H,1H3. The average molecular weight is 276 g/mol. The number of rotatable bonds is 2. The molecule has 0 aliphatic rings. The molecule has 0 unspecified atom stereocenters. The van der Waals surface area contributed by atoms with Crippen molar-refractivity contribution in [3.63, 3.8) is 0 Å². The van der Waals surface area contributed by atoms with Crippen molar-refractivity contribution < 1.29 is 4.79 Å². The monoisotopic (exact) mass is 275 g/mol. The highest BCUT2D eigenvalue weighted by molar-refractivity contribution is 9.10. The lowest BCUT2D eigenvalue weighted by Gasteiger charge is -2.05. The van der Waals surface area contributed by atoms with Crippen LogP contribution in [-0.4, -0.2) is 10.8 Å². The number of hydrogen-bond acceptors (Lipinski definition) is 2. The smallest absolute Gasteiger partial charge is 0.212 e. The van der Waals surface area contributed by atoms with Crippen LogP contribution in [0.25, 0.3) is 0 Å². The Kier molecular flexibility index (Phi) is 3.15. The molecule has 0 saturated heterocycles. The van der Waals surface area contributed by atoms with Crippen LogP contribution < -0.4 is 0 Å². The maximum atomic E-state index is 12.1. The molecule has 80 valence electrons. The first-order valence-electron chi connectivity index (χ1n) is 4.91. The molecule has 0 atom stereocenters. The number of ketones is 1. The Labute approximate surface area is 102 Å². The molecule has 1 heterocycles. The maximum Gasteiger partial charge on any atom is 0.212 e. The van der Waals surface area contributed by atoms with Gasteiger partial charge in [-0.2, -0.15) is 0 Å². The Hall–Kier alpha value is -1.48. The van der Waals surface area contributed by atoms with E-state index in [1.807, 2.05) is 25.1 Å². The third-order valence-corrected chi connectivity index (χ3v) is 3.39. The number of halogens is 1. The molecule has 0 spiro atoms. The van der Waals surface area contributed by atoms with Gasteiger partial charge < -0.3 is 0 Å². The van der Waals surface area contributed by atoms with Gasteiger partial charge in [0.25, 0.3) is 0 Å². The molecule has 0 saturated carbocycles. The molecule has 0 amide bonds. The van der Waals surface area contributed by atoms with Crippen molar-refractivity contribution in [1.29, 1.82) is 0 Å². The van der Waals surface area contributed by atoms with E-state index < -0.39 is 0 Å². The Morgan fingerprint density at radius 2 is 2.00 bits per heavy atom. The predicted octanol–water partition coefficient (Wildman–Crippen LogP) is 3.38. The van der Waals surface area contributed by atoms with Crippen LogP contribution in [0.15, 0.2) is 47.1 Å². The van der Waals surface area contributed by atoms with Gasteiger partial charge in [0.05, 0.1) is 0 Å². The van der Waals surface area contributed by atoms with Gasteiger partial charge in [0.2, 0.25) is 5.78 Å². The summed E-state index contributed by atoms with van der Waals surface area (Å²) in [6.45, 7) is 1.96. The van der Waals surface area contributed by atoms with Gasteiger partial charge >= 0.3 is 0 Å². The zero-order chi connectivity index (χ0) is 11.5. The van der Waals surface area contributed by atoms with Crippen molar-refractivity contribution in [2.75, 3.05) is 0 Å². The maximum absolute atomic E-state index is 12.1. The predicted molar refractivity (Wildman–Crippen MR) is 66.5 cm³/mol. The van der Waals surface area contributed by atoms with Crippen LogP contribution in [-0.2, 0) is 0 Å². The first kappa shape index (κ1) is 11.0. The van der Waals surface area contributed by atoms with Crippen molar-refractivity contribution >= 4 is 21.7 Å². The fourth-order valence-corrected chi connectivity index (χ4v) is 1.90. The van der Waals surface area contributed by atoms with E-state index in [1.165, 1.54) is 0 Å². The highest BCUT2D eigenvalue weighted by atomic mass is 79.9. The molecule has 3 heteroatoms. The third-order valence-electron chi connectivity index (χ3n) is 2.33. The summed E-state index contributed by atoms with van der Waals surface area (Å²) in [5.41, 5.74) is 2.16. The summed E-state index contributed by atoms with van der Waals surface area (Å²) in [5, 5.41) is 0. The van der Waals surface area contributed by atoms with Crippen LogP contribution in [0.3, 0.4) is 0 Å². The lowest BCUT2D eigenvalue weighted by Crippen LogP contribution is -2.04. The van der Waals surface area contributed by atoms with Crippen LogP contribution in [0.4, 0.5) is 0 Å². The van der Waals surface area contributed by atoms with Crippen LogP contribution >= 0.6 is 15.9 Å².